The Morgan fingerprint density at radius 1 is 1.17 bits per heavy atom. The van der Waals surface area contributed by atoms with Gasteiger partial charge in [-0.1, -0.05) is 6.07 Å². The zero-order valence-corrected chi connectivity index (χ0v) is 17.0. The van der Waals surface area contributed by atoms with Crippen LogP contribution in [-0.2, 0) is 17.8 Å². The summed E-state index contributed by atoms with van der Waals surface area (Å²) in [4.78, 5) is 50.4. The highest BCUT2D eigenvalue weighted by molar-refractivity contribution is 7.12. The smallest absolute Gasteiger partial charge is 0.264 e. The van der Waals surface area contributed by atoms with Gasteiger partial charge in [0.1, 0.15) is 5.82 Å². The van der Waals surface area contributed by atoms with Crippen LogP contribution in [0, 0.1) is 5.92 Å². The molecule has 29 heavy (non-hydrogen) atoms. The van der Waals surface area contributed by atoms with Gasteiger partial charge in [0.15, 0.2) is 0 Å². The van der Waals surface area contributed by atoms with Crippen LogP contribution in [0.1, 0.15) is 64.9 Å². The van der Waals surface area contributed by atoms with Gasteiger partial charge in [-0.3, -0.25) is 14.4 Å². The summed E-state index contributed by atoms with van der Waals surface area (Å²) < 4.78 is 0. The third kappa shape index (κ3) is 3.50. The number of H-pyrrole nitrogens is 1. The van der Waals surface area contributed by atoms with Crippen molar-refractivity contribution in [3.63, 3.8) is 0 Å². The third-order valence-corrected chi connectivity index (χ3v) is 7.00. The second kappa shape index (κ2) is 7.40. The molecule has 1 atom stereocenters. The Hall–Kier alpha value is -2.48. The highest BCUT2D eigenvalue weighted by Crippen LogP contribution is 2.37. The number of fused-ring (bicyclic) bond motifs is 1. The van der Waals surface area contributed by atoms with E-state index in [0.29, 0.717) is 41.5 Å². The number of nitrogens with zero attached hydrogens (tertiary/aromatic N) is 3. The van der Waals surface area contributed by atoms with E-state index in [4.69, 9.17) is 4.98 Å². The molecule has 1 N–H and O–H groups in total. The molecule has 0 radical (unpaired) electrons. The summed E-state index contributed by atoms with van der Waals surface area (Å²) in [6.45, 7) is 1.58. The van der Waals surface area contributed by atoms with Crippen molar-refractivity contribution in [2.45, 2.75) is 51.1 Å². The molecule has 2 fully saturated rings. The van der Waals surface area contributed by atoms with Crippen molar-refractivity contribution in [1.29, 1.82) is 0 Å². The molecule has 1 saturated heterocycles. The highest BCUT2D eigenvalue weighted by Gasteiger charge is 2.39. The average Bonchev–Trinajstić information content (AvgIpc) is 3.46. The van der Waals surface area contributed by atoms with Crippen molar-refractivity contribution in [1.82, 2.24) is 19.8 Å². The Morgan fingerprint density at radius 3 is 2.79 bits per heavy atom. The predicted octanol–water partition coefficient (Wildman–Crippen LogP) is 2.49. The molecule has 4 heterocycles. The van der Waals surface area contributed by atoms with E-state index in [9.17, 15) is 14.4 Å². The topological polar surface area (TPSA) is 86.4 Å². The first-order valence-corrected chi connectivity index (χ1v) is 11.2. The van der Waals surface area contributed by atoms with Crippen molar-refractivity contribution in [2.75, 3.05) is 13.1 Å². The molecule has 1 aliphatic carbocycles. The second-order valence-corrected chi connectivity index (χ2v) is 9.10. The van der Waals surface area contributed by atoms with Crippen LogP contribution in [0.5, 0.6) is 0 Å². The van der Waals surface area contributed by atoms with Crippen molar-refractivity contribution in [2.24, 2.45) is 5.92 Å². The van der Waals surface area contributed by atoms with Crippen molar-refractivity contribution in [3.05, 3.63) is 49.8 Å². The summed E-state index contributed by atoms with van der Waals surface area (Å²) in [6.07, 6.45) is 5.27. The number of rotatable bonds is 3. The number of piperidine rings is 1. The minimum absolute atomic E-state index is 0.0162. The average molecular weight is 413 g/mol. The molecule has 0 bridgehead atoms. The summed E-state index contributed by atoms with van der Waals surface area (Å²) >= 11 is 1.42. The molecular formula is C21H24N4O3S. The van der Waals surface area contributed by atoms with Crippen LogP contribution in [0.3, 0.4) is 0 Å². The van der Waals surface area contributed by atoms with Gasteiger partial charge >= 0.3 is 0 Å². The number of hydrogen-bond donors (Lipinski definition) is 1. The summed E-state index contributed by atoms with van der Waals surface area (Å²) in [7, 11) is 0. The number of carbonyl (C=O) groups is 2. The fraction of sp³-hybridized carbons (Fsp3) is 0.524. The SMILES string of the molecule is O=C(c1cccs1)N1CCc2c(nc([C@H]3CCCCN3C(=O)C3CC3)[nH]c2=O)C1. The number of aromatic amines is 1. The lowest BCUT2D eigenvalue weighted by molar-refractivity contribution is -0.136. The van der Waals surface area contributed by atoms with Gasteiger partial charge in [0.2, 0.25) is 5.91 Å². The normalized spacial score (nSPS) is 21.7. The Kier molecular flexibility index (Phi) is 4.73. The van der Waals surface area contributed by atoms with Crippen molar-refractivity contribution >= 4 is 23.2 Å². The van der Waals surface area contributed by atoms with E-state index < -0.39 is 0 Å². The zero-order valence-electron chi connectivity index (χ0n) is 16.2. The van der Waals surface area contributed by atoms with Gasteiger partial charge in [-0.25, -0.2) is 4.98 Å². The lowest BCUT2D eigenvalue weighted by Crippen LogP contribution is -2.42. The monoisotopic (exact) mass is 412 g/mol. The number of likely N-dealkylation sites (tertiary alicyclic amines) is 1. The number of thiophene rings is 1. The van der Waals surface area contributed by atoms with E-state index in [2.05, 4.69) is 4.98 Å². The van der Waals surface area contributed by atoms with Gasteiger partial charge in [-0.15, -0.1) is 11.3 Å². The lowest BCUT2D eigenvalue weighted by Gasteiger charge is -2.36. The molecule has 2 aliphatic heterocycles. The summed E-state index contributed by atoms with van der Waals surface area (Å²) in [5.74, 6) is 0.911. The van der Waals surface area contributed by atoms with E-state index in [-0.39, 0.29) is 29.3 Å². The maximum absolute atomic E-state index is 12.8. The summed E-state index contributed by atoms with van der Waals surface area (Å²) in [5.41, 5.74) is 1.21. The Morgan fingerprint density at radius 2 is 2.03 bits per heavy atom. The first-order chi connectivity index (χ1) is 14.1. The molecule has 2 aromatic rings. The minimum atomic E-state index is -0.168. The van der Waals surface area contributed by atoms with Gasteiger partial charge in [-0.2, -0.15) is 0 Å². The molecular weight excluding hydrogens is 388 g/mol. The van der Waals surface area contributed by atoms with Crippen LogP contribution in [0.25, 0.3) is 0 Å². The summed E-state index contributed by atoms with van der Waals surface area (Å²) in [6, 6.07) is 3.52. The van der Waals surface area contributed by atoms with Gasteiger partial charge < -0.3 is 14.8 Å². The number of nitrogens with one attached hydrogen (secondary N) is 1. The molecule has 0 spiro atoms. The number of aromatic nitrogens is 2. The Balaban J connectivity index is 1.43. The van der Waals surface area contributed by atoms with Gasteiger partial charge in [0.25, 0.3) is 11.5 Å². The lowest BCUT2D eigenvalue weighted by atomic mass is 9.99. The number of carbonyl (C=O) groups excluding carboxylic acids is 2. The van der Waals surface area contributed by atoms with Crippen molar-refractivity contribution < 1.29 is 9.59 Å². The molecule has 2 aromatic heterocycles. The van der Waals surface area contributed by atoms with Gasteiger partial charge in [0, 0.05) is 24.6 Å². The predicted molar refractivity (Wildman–Crippen MR) is 109 cm³/mol. The number of amides is 2. The maximum atomic E-state index is 12.8. The van der Waals surface area contributed by atoms with Crippen LogP contribution in [0.2, 0.25) is 0 Å². The molecule has 5 rings (SSSR count). The third-order valence-electron chi connectivity index (χ3n) is 6.14. The van der Waals surface area contributed by atoms with Gasteiger partial charge in [-0.05, 0) is 50.0 Å². The number of hydrogen-bond acceptors (Lipinski definition) is 5. The van der Waals surface area contributed by atoms with E-state index in [0.717, 1.165) is 38.6 Å². The second-order valence-electron chi connectivity index (χ2n) is 8.15. The highest BCUT2D eigenvalue weighted by atomic mass is 32.1. The van der Waals surface area contributed by atoms with E-state index >= 15 is 0 Å². The van der Waals surface area contributed by atoms with Crippen LogP contribution in [0.4, 0.5) is 0 Å². The summed E-state index contributed by atoms with van der Waals surface area (Å²) in [5, 5.41) is 1.89. The van der Waals surface area contributed by atoms with Crippen LogP contribution < -0.4 is 5.56 Å². The molecule has 2 amide bonds. The fourth-order valence-electron chi connectivity index (χ4n) is 4.39. The fourth-order valence-corrected chi connectivity index (χ4v) is 5.08. The zero-order chi connectivity index (χ0) is 20.0. The van der Waals surface area contributed by atoms with E-state index in [1.807, 2.05) is 22.4 Å². The standard InChI is InChI=1S/C21H24N4O3S/c26-19-14-8-10-24(21(28)17-5-3-11-29-17)12-15(14)22-18(23-19)16-4-1-2-9-25(16)20(27)13-6-7-13/h3,5,11,13,16H,1-2,4,6-10,12H2,(H,22,23,26)/t16-/m1/s1. The quantitative estimate of drug-likeness (QED) is 0.839. The van der Waals surface area contributed by atoms with Crippen molar-refractivity contribution in [3.8, 4) is 0 Å². The minimum Gasteiger partial charge on any atom is -0.332 e. The largest absolute Gasteiger partial charge is 0.332 e. The van der Waals surface area contributed by atoms with E-state index in [1.165, 1.54) is 11.3 Å². The van der Waals surface area contributed by atoms with Gasteiger partial charge in [0.05, 0.1) is 23.2 Å². The molecule has 152 valence electrons. The Labute approximate surface area is 172 Å². The molecule has 0 aromatic carbocycles. The molecule has 7 nitrogen and oxygen atoms in total. The Bertz CT molecular complexity index is 996. The maximum Gasteiger partial charge on any atom is 0.264 e. The first-order valence-electron chi connectivity index (χ1n) is 10.4. The van der Waals surface area contributed by atoms with E-state index in [1.54, 1.807) is 4.90 Å². The molecule has 3 aliphatic rings. The van der Waals surface area contributed by atoms with Crippen LogP contribution >= 0.6 is 11.3 Å². The van der Waals surface area contributed by atoms with Crippen LogP contribution in [-0.4, -0.2) is 44.7 Å². The molecule has 0 unspecified atom stereocenters. The first kappa shape index (κ1) is 18.5. The van der Waals surface area contributed by atoms with Crippen LogP contribution in [0.15, 0.2) is 22.3 Å². The molecule has 1 saturated carbocycles. The molecule has 8 heteroatoms.